The van der Waals surface area contributed by atoms with Crippen LogP contribution >= 0.6 is 11.8 Å². The maximum Gasteiger partial charge on any atom is 0.232 e. The third kappa shape index (κ3) is 3.48. The van der Waals surface area contributed by atoms with Crippen molar-refractivity contribution in [2.75, 3.05) is 31.7 Å². The largest absolute Gasteiger partial charge is 0.367 e. The van der Waals surface area contributed by atoms with E-state index >= 15 is 0 Å². The Labute approximate surface area is 117 Å². The van der Waals surface area contributed by atoms with E-state index in [9.17, 15) is 4.79 Å². The fourth-order valence-corrected chi connectivity index (χ4v) is 2.38. The number of nitrogens with one attached hydrogen (secondary N) is 1. The smallest absolute Gasteiger partial charge is 0.232 e. The molecule has 0 spiro atoms. The van der Waals surface area contributed by atoms with Crippen molar-refractivity contribution in [3.8, 4) is 0 Å². The first-order valence-corrected chi connectivity index (χ1v) is 7.81. The molecule has 19 heavy (non-hydrogen) atoms. The second-order valence-corrected chi connectivity index (χ2v) is 5.73. The second kappa shape index (κ2) is 6.38. The Hall–Kier alpha value is -1.08. The predicted molar refractivity (Wildman–Crippen MR) is 74.1 cm³/mol. The summed E-state index contributed by atoms with van der Waals surface area (Å²) in [5.74, 6) is 2.45. The Morgan fingerprint density at radius 2 is 2.42 bits per heavy atom. The molecule has 2 rings (SSSR count). The lowest BCUT2D eigenvalue weighted by Gasteiger charge is -2.31. The molecule has 1 unspecified atom stereocenters. The number of nitrogens with zero attached hydrogens (tertiary/aromatic N) is 3. The molecule has 1 amide bonds. The number of aromatic nitrogens is 3. The fraction of sp³-hybridized carbons (Fsp3) is 0.750. The number of rotatable bonds is 4. The SMILES string of the molecule is CSCC(=O)N1CCOC(c2nc(C(C)C)n[nH]2)C1. The van der Waals surface area contributed by atoms with Crippen LogP contribution < -0.4 is 0 Å². The van der Waals surface area contributed by atoms with Gasteiger partial charge in [-0.25, -0.2) is 4.98 Å². The molecule has 0 bridgehead atoms. The summed E-state index contributed by atoms with van der Waals surface area (Å²) in [7, 11) is 0. The number of aromatic amines is 1. The molecule has 1 aromatic heterocycles. The summed E-state index contributed by atoms with van der Waals surface area (Å²) >= 11 is 1.54. The van der Waals surface area contributed by atoms with E-state index in [1.165, 1.54) is 0 Å². The van der Waals surface area contributed by atoms with E-state index in [1.54, 1.807) is 11.8 Å². The summed E-state index contributed by atoms with van der Waals surface area (Å²) in [4.78, 5) is 18.2. The first-order valence-electron chi connectivity index (χ1n) is 6.42. The monoisotopic (exact) mass is 284 g/mol. The van der Waals surface area contributed by atoms with Crippen molar-refractivity contribution in [1.29, 1.82) is 0 Å². The van der Waals surface area contributed by atoms with Crippen molar-refractivity contribution in [2.45, 2.75) is 25.9 Å². The highest BCUT2D eigenvalue weighted by atomic mass is 32.2. The van der Waals surface area contributed by atoms with Crippen LogP contribution in [0.1, 0.15) is 37.5 Å². The molecular weight excluding hydrogens is 264 g/mol. The van der Waals surface area contributed by atoms with Crippen molar-refractivity contribution in [3.05, 3.63) is 11.6 Å². The maximum atomic E-state index is 11.9. The zero-order valence-electron chi connectivity index (χ0n) is 11.5. The summed E-state index contributed by atoms with van der Waals surface area (Å²) < 4.78 is 5.68. The van der Waals surface area contributed by atoms with E-state index in [0.29, 0.717) is 31.3 Å². The van der Waals surface area contributed by atoms with Crippen LogP contribution in [0.3, 0.4) is 0 Å². The number of carbonyl (C=O) groups is 1. The van der Waals surface area contributed by atoms with Crippen molar-refractivity contribution in [1.82, 2.24) is 20.1 Å². The predicted octanol–water partition coefficient (Wildman–Crippen LogP) is 1.19. The second-order valence-electron chi connectivity index (χ2n) is 4.87. The van der Waals surface area contributed by atoms with E-state index in [1.807, 2.05) is 25.0 Å². The molecule has 1 aromatic rings. The van der Waals surface area contributed by atoms with Crippen LogP contribution in [0.15, 0.2) is 0 Å². The Bertz CT molecular complexity index is 435. The quantitative estimate of drug-likeness (QED) is 0.899. The number of hydrogen-bond donors (Lipinski definition) is 1. The van der Waals surface area contributed by atoms with Crippen molar-refractivity contribution < 1.29 is 9.53 Å². The number of ether oxygens (including phenoxy) is 1. The number of thioether (sulfide) groups is 1. The molecule has 106 valence electrons. The molecule has 1 atom stereocenters. The van der Waals surface area contributed by atoms with Gasteiger partial charge in [0.05, 0.1) is 18.9 Å². The van der Waals surface area contributed by atoms with E-state index in [4.69, 9.17) is 4.74 Å². The average Bonchev–Trinajstić information content (AvgIpc) is 2.89. The van der Waals surface area contributed by atoms with Crippen LogP contribution in [0.25, 0.3) is 0 Å². The van der Waals surface area contributed by atoms with Crippen molar-refractivity contribution in [2.24, 2.45) is 0 Å². The van der Waals surface area contributed by atoms with Gasteiger partial charge in [0.15, 0.2) is 11.6 Å². The molecule has 7 heteroatoms. The van der Waals surface area contributed by atoms with Gasteiger partial charge in [-0.15, -0.1) is 0 Å². The zero-order valence-corrected chi connectivity index (χ0v) is 12.4. The van der Waals surface area contributed by atoms with Gasteiger partial charge in [-0.2, -0.15) is 16.9 Å². The molecule has 1 fully saturated rings. The van der Waals surface area contributed by atoms with Gasteiger partial charge in [-0.05, 0) is 6.26 Å². The molecule has 0 aliphatic carbocycles. The molecule has 0 radical (unpaired) electrons. The number of hydrogen-bond acceptors (Lipinski definition) is 5. The molecule has 1 saturated heterocycles. The van der Waals surface area contributed by atoms with E-state index in [2.05, 4.69) is 15.2 Å². The van der Waals surface area contributed by atoms with Crippen LogP contribution in [-0.2, 0) is 9.53 Å². The zero-order chi connectivity index (χ0) is 13.8. The lowest BCUT2D eigenvalue weighted by atomic mass is 10.2. The molecular formula is C12H20N4O2S. The topological polar surface area (TPSA) is 71.1 Å². The van der Waals surface area contributed by atoms with Gasteiger partial charge in [-0.1, -0.05) is 13.8 Å². The van der Waals surface area contributed by atoms with Crippen molar-refractivity contribution >= 4 is 17.7 Å². The highest BCUT2D eigenvalue weighted by molar-refractivity contribution is 7.99. The summed E-state index contributed by atoms with van der Waals surface area (Å²) in [6.45, 7) is 5.83. The lowest BCUT2D eigenvalue weighted by Crippen LogP contribution is -2.43. The third-order valence-corrected chi connectivity index (χ3v) is 3.56. The van der Waals surface area contributed by atoms with Gasteiger partial charge < -0.3 is 9.64 Å². The van der Waals surface area contributed by atoms with Gasteiger partial charge in [0.2, 0.25) is 5.91 Å². The summed E-state index contributed by atoms with van der Waals surface area (Å²) in [5.41, 5.74) is 0. The first kappa shape index (κ1) is 14.3. The molecule has 6 nitrogen and oxygen atoms in total. The normalized spacial score (nSPS) is 20.0. The maximum absolute atomic E-state index is 11.9. The van der Waals surface area contributed by atoms with Gasteiger partial charge in [0, 0.05) is 12.5 Å². The van der Waals surface area contributed by atoms with Gasteiger partial charge in [0.1, 0.15) is 6.10 Å². The van der Waals surface area contributed by atoms with E-state index in [0.717, 1.165) is 5.82 Å². The van der Waals surface area contributed by atoms with E-state index in [-0.39, 0.29) is 17.9 Å². The molecule has 0 aromatic carbocycles. The molecule has 1 aliphatic rings. The van der Waals surface area contributed by atoms with Crippen molar-refractivity contribution in [3.63, 3.8) is 0 Å². The molecule has 0 saturated carbocycles. The average molecular weight is 284 g/mol. The molecule has 1 aliphatic heterocycles. The minimum Gasteiger partial charge on any atom is -0.367 e. The highest BCUT2D eigenvalue weighted by Gasteiger charge is 2.27. The number of H-pyrrole nitrogens is 1. The standard InChI is InChI=1S/C12H20N4O2S/c1-8(2)11-13-12(15-14-11)9-6-16(4-5-18-9)10(17)7-19-3/h8-9H,4-7H2,1-3H3,(H,13,14,15). The minimum atomic E-state index is -0.195. The molecule has 2 heterocycles. The third-order valence-electron chi connectivity index (χ3n) is 3.03. The highest BCUT2D eigenvalue weighted by Crippen LogP contribution is 2.21. The van der Waals surface area contributed by atoms with Crippen LogP contribution in [0.2, 0.25) is 0 Å². The minimum absolute atomic E-state index is 0.157. The number of carbonyl (C=O) groups excluding carboxylic acids is 1. The van der Waals surface area contributed by atoms with Gasteiger partial charge in [0.25, 0.3) is 0 Å². The first-order chi connectivity index (χ1) is 9.11. The Morgan fingerprint density at radius 3 is 3.05 bits per heavy atom. The van der Waals surface area contributed by atoms with Crippen LogP contribution in [-0.4, -0.2) is 57.7 Å². The van der Waals surface area contributed by atoms with Gasteiger partial charge in [-0.3, -0.25) is 9.89 Å². The van der Waals surface area contributed by atoms with Gasteiger partial charge >= 0.3 is 0 Å². The summed E-state index contributed by atoms with van der Waals surface area (Å²) in [6, 6.07) is 0. The number of morpholine rings is 1. The summed E-state index contributed by atoms with van der Waals surface area (Å²) in [5, 5.41) is 7.09. The van der Waals surface area contributed by atoms with Crippen LogP contribution in [0.4, 0.5) is 0 Å². The lowest BCUT2D eigenvalue weighted by molar-refractivity contribution is -0.136. The number of amides is 1. The Balaban J connectivity index is 2.02. The van der Waals surface area contributed by atoms with Crippen LogP contribution in [0.5, 0.6) is 0 Å². The summed E-state index contributed by atoms with van der Waals surface area (Å²) in [6.07, 6.45) is 1.74. The molecule has 1 N–H and O–H groups in total. The Kier molecular flexibility index (Phi) is 4.81. The van der Waals surface area contributed by atoms with Crippen LogP contribution in [0, 0.1) is 0 Å². The Morgan fingerprint density at radius 1 is 1.63 bits per heavy atom. The fourth-order valence-electron chi connectivity index (χ4n) is 1.95. The van der Waals surface area contributed by atoms with E-state index < -0.39 is 0 Å².